The molecule has 15 heavy (non-hydrogen) atoms. The summed E-state index contributed by atoms with van der Waals surface area (Å²) in [6.45, 7) is 4.57. The van der Waals surface area contributed by atoms with Crippen molar-refractivity contribution in [2.75, 3.05) is 7.11 Å². The van der Waals surface area contributed by atoms with E-state index >= 15 is 0 Å². The van der Waals surface area contributed by atoms with Crippen LogP contribution in [0.25, 0.3) is 0 Å². The monoisotopic (exact) mass is 212 g/mol. The van der Waals surface area contributed by atoms with Gasteiger partial charge in [-0.2, -0.15) is 0 Å². The van der Waals surface area contributed by atoms with Crippen molar-refractivity contribution < 1.29 is 14.3 Å². The molecule has 0 radical (unpaired) electrons. The Bertz CT molecular complexity index is 233. The van der Waals surface area contributed by atoms with Gasteiger partial charge >= 0.3 is 5.97 Å². The quantitative estimate of drug-likeness (QED) is 0.410. The van der Waals surface area contributed by atoms with Gasteiger partial charge in [0, 0.05) is 0 Å². The number of carbonyl (C=O) groups excluding carboxylic acids is 1. The van der Waals surface area contributed by atoms with E-state index in [-0.39, 0.29) is 12.1 Å². The minimum atomic E-state index is -0.369. The van der Waals surface area contributed by atoms with E-state index in [1.54, 1.807) is 0 Å². The Balaban J connectivity index is 2.25. The fraction of sp³-hybridized carbons (Fsp3) is 0.750. The Morgan fingerprint density at radius 2 is 1.93 bits per heavy atom. The molecule has 0 spiro atoms. The van der Waals surface area contributed by atoms with Gasteiger partial charge in [-0.15, -0.1) is 0 Å². The normalized spacial score (nSPS) is 21.5. The van der Waals surface area contributed by atoms with Crippen molar-refractivity contribution in [2.24, 2.45) is 5.41 Å². The van der Waals surface area contributed by atoms with Crippen LogP contribution in [0.5, 0.6) is 0 Å². The number of carbonyl (C=O) groups is 1. The highest BCUT2D eigenvalue weighted by molar-refractivity contribution is 5.81. The average Bonchev–Trinajstić information content (AvgIpc) is 2.20. The molecule has 3 nitrogen and oxygen atoms in total. The van der Waals surface area contributed by atoms with Gasteiger partial charge in [-0.1, -0.05) is 13.8 Å². The summed E-state index contributed by atoms with van der Waals surface area (Å²) in [5, 5.41) is 0. The first-order chi connectivity index (χ1) is 7.03. The van der Waals surface area contributed by atoms with E-state index in [0.717, 1.165) is 12.8 Å². The van der Waals surface area contributed by atoms with Crippen molar-refractivity contribution in [1.29, 1.82) is 0 Å². The van der Waals surface area contributed by atoms with E-state index in [4.69, 9.17) is 4.74 Å². The van der Waals surface area contributed by atoms with Crippen LogP contribution in [0.2, 0.25) is 0 Å². The molecule has 0 atom stereocenters. The number of ether oxygens (including phenoxy) is 2. The minimum Gasteiger partial charge on any atom is -0.498 e. The third-order valence-corrected chi connectivity index (χ3v) is 2.96. The molecule has 0 aromatic carbocycles. The van der Waals surface area contributed by atoms with Gasteiger partial charge in [0.05, 0.1) is 25.6 Å². The van der Waals surface area contributed by atoms with Crippen LogP contribution in [-0.2, 0) is 14.3 Å². The maximum atomic E-state index is 10.8. The molecule has 1 saturated carbocycles. The first-order valence-electron chi connectivity index (χ1n) is 5.43. The maximum Gasteiger partial charge on any atom is 0.333 e. The van der Waals surface area contributed by atoms with Crippen LogP contribution in [0.15, 0.2) is 12.3 Å². The Hall–Kier alpha value is -0.990. The van der Waals surface area contributed by atoms with Crippen molar-refractivity contribution in [3.63, 3.8) is 0 Å². The van der Waals surface area contributed by atoms with Gasteiger partial charge in [0.25, 0.3) is 0 Å². The van der Waals surface area contributed by atoms with Gasteiger partial charge in [0.15, 0.2) is 0 Å². The van der Waals surface area contributed by atoms with Crippen molar-refractivity contribution in [3.05, 3.63) is 12.3 Å². The molecule has 1 aliphatic carbocycles. The van der Waals surface area contributed by atoms with Crippen LogP contribution in [-0.4, -0.2) is 19.2 Å². The summed E-state index contributed by atoms with van der Waals surface area (Å²) in [7, 11) is 1.36. The summed E-state index contributed by atoms with van der Waals surface area (Å²) in [6, 6.07) is 0. The van der Waals surface area contributed by atoms with E-state index in [0.29, 0.717) is 5.41 Å². The second-order valence-electron chi connectivity index (χ2n) is 4.83. The maximum absolute atomic E-state index is 10.8. The Kier molecular flexibility index (Phi) is 4.18. The zero-order valence-corrected chi connectivity index (χ0v) is 9.79. The van der Waals surface area contributed by atoms with Crippen LogP contribution in [0.3, 0.4) is 0 Å². The molecule has 1 rings (SSSR count). The van der Waals surface area contributed by atoms with Gasteiger partial charge in [0.1, 0.15) is 0 Å². The van der Waals surface area contributed by atoms with Gasteiger partial charge in [-0.25, -0.2) is 4.79 Å². The topological polar surface area (TPSA) is 35.5 Å². The summed E-state index contributed by atoms with van der Waals surface area (Å²) < 4.78 is 9.93. The molecule has 1 fully saturated rings. The van der Waals surface area contributed by atoms with Crippen LogP contribution in [0.4, 0.5) is 0 Å². The molecule has 0 N–H and O–H groups in total. The zero-order chi connectivity index (χ0) is 11.3. The zero-order valence-electron chi connectivity index (χ0n) is 9.79. The number of hydrogen-bond acceptors (Lipinski definition) is 3. The smallest absolute Gasteiger partial charge is 0.333 e. The lowest BCUT2D eigenvalue weighted by Crippen LogP contribution is -2.25. The van der Waals surface area contributed by atoms with Gasteiger partial charge in [-0.3, -0.25) is 0 Å². The van der Waals surface area contributed by atoms with Gasteiger partial charge < -0.3 is 9.47 Å². The molecule has 86 valence electrons. The molecule has 0 amide bonds. The van der Waals surface area contributed by atoms with E-state index in [1.165, 1.54) is 32.3 Å². The fourth-order valence-electron chi connectivity index (χ4n) is 1.78. The first-order valence-corrected chi connectivity index (χ1v) is 5.43. The molecule has 3 heteroatoms. The van der Waals surface area contributed by atoms with Gasteiger partial charge in [-0.05, 0) is 31.1 Å². The van der Waals surface area contributed by atoms with Crippen LogP contribution >= 0.6 is 0 Å². The molecule has 0 saturated heterocycles. The second-order valence-corrected chi connectivity index (χ2v) is 4.83. The van der Waals surface area contributed by atoms with Crippen LogP contribution in [0, 0.1) is 5.41 Å². The van der Waals surface area contributed by atoms with E-state index in [2.05, 4.69) is 18.6 Å². The summed E-state index contributed by atoms with van der Waals surface area (Å²) in [4.78, 5) is 10.8. The predicted molar refractivity (Wildman–Crippen MR) is 58.3 cm³/mol. The third-order valence-electron chi connectivity index (χ3n) is 2.96. The number of esters is 1. The van der Waals surface area contributed by atoms with Crippen molar-refractivity contribution >= 4 is 5.97 Å². The Morgan fingerprint density at radius 1 is 1.33 bits per heavy atom. The molecule has 0 unspecified atom stereocenters. The molecule has 0 heterocycles. The molecule has 0 aromatic heterocycles. The largest absolute Gasteiger partial charge is 0.498 e. The highest BCUT2D eigenvalue weighted by Gasteiger charge is 2.27. The van der Waals surface area contributed by atoms with Crippen molar-refractivity contribution in [2.45, 2.75) is 45.6 Å². The predicted octanol–water partition coefficient (Wildman–Crippen LogP) is 2.66. The second kappa shape index (κ2) is 5.19. The number of hydrogen-bond donors (Lipinski definition) is 0. The third kappa shape index (κ3) is 4.36. The van der Waals surface area contributed by atoms with Gasteiger partial charge in [0.2, 0.25) is 0 Å². The SMILES string of the molecule is COC(=O)/C=C/OC1CCC(C)(C)CC1. The fourth-order valence-corrected chi connectivity index (χ4v) is 1.78. The first kappa shape index (κ1) is 12.1. The van der Waals surface area contributed by atoms with Crippen molar-refractivity contribution in [1.82, 2.24) is 0 Å². The number of methoxy groups -OCH3 is 1. The molecule has 1 aliphatic rings. The van der Waals surface area contributed by atoms with Crippen LogP contribution < -0.4 is 0 Å². The summed E-state index contributed by atoms with van der Waals surface area (Å²) >= 11 is 0. The van der Waals surface area contributed by atoms with Crippen molar-refractivity contribution in [3.8, 4) is 0 Å². The Labute approximate surface area is 91.4 Å². The summed E-state index contributed by atoms with van der Waals surface area (Å²) in [5.74, 6) is -0.369. The van der Waals surface area contributed by atoms with E-state index in [9.17, 15) is 4.79 Å². The lowest BCUT2D eigenvalue weighted by Gasteiger charge is -2.33. The summed E-state index contributed by atoms with van der Waals surface area (Å²) in [5.41, 5.74) is 0.450. The molecule has 0 aliphatic heterocycles. The van der Waals surface area contributed by atoms with Crippen LogP contribution in [0.1, 0.15) is 39.5 Å². The highest BCUT2D eigenvalue weighted by Crippen LogP contribution is 2.36. The summed E-state index contributed by atoms with van der Waals surface area (Å²) in [6.07, 6.45) is 7.54. The Morgan fingerprint density at radius 3 is 2.47 bits per heavy atom. The standard InChI is InChI=1S/C12H20O3/c1-12(2)7-4-10(5-8-12)15-9-6-11(13)14-3/h6,9-10H,4-5,7-8H2,1-3H3/b9-6+. The van der Waals surface area contributed by atoms with E-state index < -0.39 is 0 Å². The molecule has 0 bridgehead atoms. The lowest BCUT2D eigenvalue weighted by atomic mass is 9.76. The van der Waals surface area contributed by atoms with E-state index in [1.807, 2.05) is 0 Å². The highest BCUT2D eigenvalue weighted by atomic mass is 16.5. The minimum absolute atomic E-state index is 0.263. The average molecular weight is 212 g/mol. The molecular formula is C12H20O3. The number of rotatable bonds is 3. The molecule has 0 aromatic rings. The molecular weight excluding hydrogens is 192 g/mol. The lowest BCUT2D eigenvalue weighted by molar-refractivity contribution is -0.135.